The topological polar surface area (TPSA) is 100 Å². The van der Waals surface area contributed by atoms with Gasteiger partial charge in [-0.2, -0.15) is 0 Å². The third-order valence-electron chi connectivity index (χ3n) is 4.45. The van der Waals surface area contributed by atoms with Crippen molar-refractivity contribution in [2.45, 2.75) is 30.2 Å². The number of rotatable bonds is 6. The first-order chi connectivity index (χ1) is 12.2. The Kier molecular flexibility index (Phi) is 4.63. The highest BCUT2D eigenvalue weighted by Gasteiger charge is 2.45. The lowest BCUT2D eigenvalue weighted by molar-refractivity contribution is 0.101. The molecule has 0 aliphatic heterocycles. The van der Waals surface area contributed by atoms with Gasteiger partial charge in [0.1, 0.15) is 16.4 Å². The molecule has 0 bridgehead atoms. The zero-order valence-electron chi connectivity index (χ0n) is 14.4. The van der Waals surface area contributed by atoms with Crippen molar-refractivity contribution in [1.82, 2.24) is 9.29 Å². The van der Waals surface area contributed by atoms with Gasteiger partial charge in [0, 0.05) is 18.9 Å². The van der Waals surface area contributed by atoms with Gasteiger partial charge in [-0.3, -0.25) is 4.79 Å². The molecule has 1 aliphatic carbocycles. The Balaban J connectivity index is 1.81. The van der Waals surface area contributed by atoms with Gasteiger partial charge in [0.2, 0.25) is 10.0 Å². The van der Waals surface area contributed by atoms with Crippen LogP contribution in [0.15, 0.2) is 35.4 Å². The molecule has 9 heteroatoms. The Morgan fingerprint density at radius 2 is 2.04 bits per heavy atom. The number of aryl methyl sites for hydroxylation is 2. The van der Waals surface area contributed by atoms with Gasteiger partial charge in [-0.1, -0.05) is 0 Å². The van der Waals surface area contributed by atoms with E-state index in [0.717, 1.165) is 0 Å². The van der Waals surface area contributed by atoms with E-state index in [0.29, 0.717) is 24.1 Å². The predicted molar refractivity (Wildman–Crippen MR) is 93.9 cm³/mol. The quantitative estimate of drug-likeness (QED) is 0.706. The van der Waals surface area contributed by atoms with Crippen molar-refractivity contribution < 1.29 is 22.7 Å². The Morgan fingerprint density at radius 3 is 2.62 bits per heavy atom. The fourth-order valence-corrected chi connectivity index (χ4v) is 4.13. The van der Waals surface area contributed by atoms with Crippen molar-refractivity contribution in [3.63, 3.8) is 0 Å². The summed E-state index contributed by atoms with van der Waals surface area (Å²) in [5.74, 6) is -0.887. The van der Waals surface area contributed by atoms with E-state index in [9.17, 15) is 22.7 Å². The van der Waals surface area contributed by atoms with Gasteiger partial charge in [-0.15, -0.1) is 0 Å². The molecule has 1 aliphatic rings. The molecule has 1 fully saturated rings. The minimum absolute atomic E-state index is 0.0554. The molecule has 0 radical (unpaired) electrons. The lowest BCUT2D eigenvalue weighted by atomic mass is 10.2. The number of hydrogen-bond donors (Lipinski definition) is 3. The van der Waals surface area contributed by atoms with Crippen molar-refractivity contribution in [3.8, 4) is 0 Å². The molecule has 0 spiro atoms. The van der Waals surface area contributed by atoms with Crippen LogP contribution in [0.2, 0.25) is 0 Å². The molecule has 2 aromatic rings. The summed E-state index contributed by atoms with van der Waals surface area (Å²) < 4.78 is 42.1. The van der Waals surface area contributed by atoms with E-state index in [-0.39, 0.29) is 23.0 Å². The van der Waals surface area contributed by atoms with Gasteiger partial charge in [-0.05, 0) is 49.6 Å². The summed E-state index contributed by atoms with van der Waals surface area (Å²) in [4.78, 5) is 12.4. The first-order valence-corrected chi connectivity index (χ1v) is 9.53. The number of aliphatic hydroxyl groups excluding tert-OH is 1. The van der Waals surface area contributed by atoms with Crippen LogP contribution in [0.1, 0.15) is 28.9 Å². The van der Waals surface area contributed by atoms with Crippen molar-refractivity contribution in [3.05, 3.63) is 47.5 Å². The van der Waals surface area contributed by atoms with Crippen molar-refractivity contribution in [1.29, 1.82) is 0 Å². The summed E-state index contributed by atoms with van der Waals surface area (Å²) in [6, 6.07) is 5.44. The fourth-order valence-electron chi connectivity index (χ4n) is 2.61. The number of hydrogen-bond acceptors (Lipinski definition) is 4. The van der Waals surface area contributed by atoms with Crippen LogP contribution < -0.4 is 10.0 Å². The third-order valence-corrected chi connectivity index (χ3v) is 5.99. The van der Waals surface area contributed by atoms with E-state index >= 15 is 0 Å². The molecule has 140 valence electrons. The van der Waals surface area contributed by atoms with E-state index in [4.69, 9.17) is 0 Å². The van der Waals surface area contributed by atoms with Gasteiger partial charge in [0.05, 0.1) is 12.1 Å². The number of aromatic nitrogens is 1. The Morgan fingerprint density at radius 1 is 1.35 bits per heavy atom. The standard InChI is InChI=1S/C17H20FN3O4S/c1-11-7-12(3-4-14(11)18)19-16(23)15-8-13(9-21(15)2)26(24,25)20-17(10-22)5-6-17/h3-4,7-9,20,22H,5-6,10H2,1-2H3,(H,19,23). The van der Waals surface area contributed by atoms with Gasteiger partial charge in [-0.25, -0.2) is 17.5 Å². The second-order valence-electron chi connectivity index (χ2n) is 6.63. The molecule has 0 atom stereocenters. The molecule has 1 saturated carbocycles. The highest BCUT2D eigenvalue weighted by molar-refractivity contribution is 7.89. The van der Waals surface area contributed by atoms with E-state index < -0.39 is 21.5 Å². The second kappa shape index (κ2) is 6.49. The van der Waals surface area contributed by atoms with Crippen LogP contribution in [0.3, 0.4) is 0 Å². The summed E-state index contributed by atoms with van der Waals surface area (Å²) in [5.41, 5.74) is 0.153. The first-order valence-electron chi connectivity index (χ1n) is 8.04. The van der Waals surface area contributed by atoms with Crippen LogP contribution in [0, 0.1) is 12.7 Å². The van der Waals surface area contributed by atoms with Crippen LogP contribution in [0.5, 0.6) is 0 Å². The maximum absolute atomic E-state index is 13.3. The summed E-state index contributed by atoms with van der Waals surface area (Å²) in [7, 11) is -2.29. The van der Waals surface area contributed by atoms with E-state index in [1.54, 1.807) is 14.0 Å². The average Bonchev–Trinajstić information content (AvgIpc) is 3.21. The van der Waals surface area contributed by atoms with E-state index in [1.807, 2.05) is 0 Å². The number of nitrogens with zero attached hydrogens (tertiary/aromatic N) is 1. The Hall–Kier alpha value is -2.23. The molecule has 1 aromatic heterocycles. The van der Waals surface area contributed by atoms with Crippen molar-refractivity contribution in [2.75, 3.05) is 11.9 Å². The average molecular weight is 381 g/mol. The van der Waals surface area contributed by atoms with Crippen LogP contribution in [-0.2, 0) is 17.1 Å². The Labute approximate surface area is 150 Å². The number of halogens is 1. The first kappa shape index (κ1) is 18.6. The number of benzene rings is 1. The summed E-state index contributed by atoms with van der Waals surface area (Å²) >= 11 is 0. The molecule has 1 amide bonds. The number of aliphatic hydroxyl groups is 1. The zero-order valence-corrected chi connectivity index (χ0v) is 15.2. The van der Waals surface area contributed by atoms with Gasteiger partial charge >= 0.3 is 0 Å². The van der Waals surface area contributed by atoms with E-state index in [2.05, 4.69) is 10.0 Å². The van der Waals surface area contributed by atoms with Crippen LogP contribution in [-0.4, -0.2) is 36.1 Å². The van der Waals surface area contributed by atoms with Crippen LogP contribution in [0.4, 0.5) is 10.1 Å². The number of anilines is 1. The Bertz CT molecular complexity index is 964. The number of carbonyl (C=O) groups is 1. The minimum Gasteiger partial charge on any atom is -0.394 e. The molecule has 26 heavy (non-hydrogen) atoms. The monoisotopic (exact) mass is 381 g/mol. The number of nitrogens with one attached hydrogen (secondary N) is 2. The number of carbonyl (C=O) groups excluding carboxylic acids is 1. The molecule has 0 unspecified atom stereocenters. The normalized spacial score (nSPS) is 15.7. The lowest BCUT2D eigenvalue weighted by Gasteiger charge is -2.13. The molecule has 0 saturated heterocycles. The highest BCUT2D eigenvalue weighted by Crippen LogP contribution is 2.36. The molecule has 1 aromatic carbocycles. The molecule has 7 nitrogen and oxygen atoms in total. The SMILES string of the molecule is Cc1cc(NC(=O)c2cc(S(=O)(=O)NC3(CO)CC3)cn2C)ccc1F. The zero-order chi connectivity index (χ0) is 19.1. The molecular formula is C17H20FN3O4S. The smallest absolute Gasteiger partial charge is 0.272 e. The summed E-state index contributed by atoms with van der Waals surface area (Å²) in [6.45, 7) is 1.31. The van der Waals surface area contributed by atoms with Crippen molar-refractivity contribution in [2.24, 2.45) is 7.05 Å². The second-order valence-corrected chi connectivity index (χ2v) is 8.32. The largest absolute Gasteiger partial charge is 0.394 e. The number of amides is 1. The summed E-state index contributed by atoms with van der Waals surface area (Å²) in [6.07, 6.45) is 2.49. The van der Waals surface area contributed by atoms with Crippen molar-refractivity contribution >= 4 is 21.6 Å². The van der Waals surface area contributed by atoms with Crippen LogP contribution >= 0.6 is 0 Å². The molecule has 1 heterocycles. The lowest BCUT2D eigenvalue weighted by Crippen LogP contribution is -2.39. The van der Waals surface area contributed by atoms with Crippen LogP contribution in [0.25, 0.3) is 0 Å². The number of sulfonamides is 1. The van der Waals surface area contributed by atoms with Gasteiger partial charge in [0.15, 0.2) is 0 Å². The highest BCUT2D eigenvalue weighted by atomic mass is 32.2. The molecule has 3 N–H and O–H groups in total. The van der Waals surface area contributed by atoms with E-state index in [1.165, 1.54) is 35.0 Å². The predicted octanol–water partition coefficient (Wildman–Crippen LogP) is 1.53. The van der Waals surface area contributed by atoms with Gasteiger partial charge in [0.25, 0.3) is 5.91 Å². The summed E-state index contributed by atoms with van der Waals surface area (Å²) in [5, 5.41) is 11.9. The molecule has 3 rings (SSSR count). The fraction of sp³-hybridized carbons (Fsp3) is 0.353. The third kappa shape index (κ3) is 3.64. The molecular weight excluding hydrogens is 361 g/mol. The minimum atomic E-state index is -3.85. The maximum atomic E-state index is 13.3. The van der Waals surface area contributed by atoms with Gasteiger partial charge < -0.3 is 15.0 Å². The maximum Gasteiger partial charge on any atom is 0.272 e.